The number of benzene rings is 2. The Labute approximate surface area is 182 Å². The molecule has 4 aromatic rings. The number of pyridine rings is 1. The summed E-state index contributed by atoms with van der Waals surface area (Å²) in [6.45, 7) is 0. The second-order valence-electron chi connectivity index (χ2n) is 6.34. The number of H-pyrrole nitrogens is 1. The van der Waals surface area contributed by atoms with Crippen molar-refractivity contribution in [3.05, 3.63) is 82.6 Å². The minimum atomic E-state index is -0.390. The van der Waals surface area contributed by atoms with Crippen LogP contribution in [0.3, 0.4) is 0 Å². The molecule has 0 spiro atoms. The molecule has 2 aromatic carbocycles. The number of rotatable bonds is 5. The maximum absolute atomic E-state index is 12.7. The van der Waals surface area contributed by atoms with Gasteiger partial charge in [-0.05, 0) is 29.8 Å². The third-order valence-corrected chi connectivity index (χ3v) is 5.13. The van der Waals surface area contributed by atoms with Gasteiger partial charge in [-0.25, -0.2) is 9.97 Å². The summed E-state index contributed by atoms with van der Waals surface area (Å²) in [6, 6.07) is 16.5. The van der Waals surface area contributed by atoms with Crippen molar-refractivity contribution in [3.8, 4) is 28.5 Å². The molecular formula is C22H16Cl2N4O2. The lowest BCUT2D eigenvalue weighted by molar-refractivity contribution is 0.102. The molecule has 0 aliphatic rings. The van der Waals surface area contributed by atoms with E-state index in [-0.39, 0.29) is 16.5 Å². The van der Waals surface area contributed by atoms with E-state index in [2.05, 4.69) is 20.3 Å². The molecule has 4 rings (SSSR count). The number of carbonyl (C=O) groups excluding carboxylic acids is 1. The number of nitrogens with one attached hydrogen (secondary N) is 2. The molecule has 2 aromatic heterocycles. The number of hydrogen-bond donors (Lipinski definition) is 2. The molecule has 0 saturated heterocycles. The Hall–Kier alpha value is -3.35. The maximum atomic E-state index is 12.7. The minimum absolute atomic E-state index is 0.144. The van der Waals surface area contributed by atoms with Crippen LogP contribution in [0, 0.1) is 0 Å². The van der Waals surface area contributed by atoms with Gasteiger partial charge in [0.2, 0.25) is 5.88 Å². The average Bonchev–Trinajstić information content (AvgIpc) is 3.26. The van der Waals surface area contributed by atoms with E-state index in [4.69, 9.17) is 27.9 Å². The highest BCUT2D eigenvalue weighted by Crippen LogP contribution is 2.31. The summed E-state index contributed by atoms with van der Waals surface area (Å²) in [6.07, 6.45) is 3.20. The van der Waals surface area contributed by atoms with Crippen molar-refractivity contribution < 1.29 is 9.53 Å². The van der Waals surface area contributed by atoms with Crippen LogP contribution in [0.15, 0.2) is 67.0 Å². The Bertz CT molecular complexity index is 1210. The molecule has 0 unspecified atom stereocenters. The highest BCUT2D eigenvalue weighted by molar-refractivity contribution is 6.35. The zero-order chi connectivity index (χ0) is 21.1. The lowest BCUT2D eigenvalue weighted by Crippen LogP contribution is -2.13. The van der Waals surface area contributed by atoms with Crippen LogP contribution in [-0.4, -0.2) is 28.0 Å². The SMILES string of the molecule is COc1nccc(C(=O)Nc2ccc(Cl)c(-c3ncc(-c4ccccc4)[nH]3)c2)c1Cl. The van der Waals surface area contributed by atoms with Crippen LogP contribution in [-0.2, 0) is 0 Å². The fourth-order valence-electron chi connectivity index (χ4n) is 2.95. The number of carbonyl (C=O) groups is 1. The van der Waals surface area contributed by atoms with Crippen LogP contribution in [0.2, 0.25) is 10.0 Å². The third-order valence-electron chi connectivity index (χ3n) is 4.44. The molecule has 0 aliphatic carbocycles. The van der Waals surface area contributed by atoms with E-state index < -0.39 is 5.91 Å². The van der Waals surface area contributed by atoms with Gasteiger partial charge >= 0.3 is 0 Å². The minimum Gasteiger partial charge on any atom is -0.480 e. The van der Waals surface area contributed by atoms with Crippen LogP contribution in [0.5, 0.6) is 5.88 Å². The Kier molecular flexibility index (Phi) is 5.70. The normalized spacial score (nSPS) is 10.6. The topological polar surface area (TPSA) is 79.9 Å². The van der Waals surface area contributed by atoms with Crippen molar-refractivity contribution in [2.75, 3.05) is 12.4 Å². The second-order valence-corrected chi connectivity index (χ2v) is 7.13. The van der Waals surface area contributed by atoms with Crippen LogP contribution in [0.25, 0.3) is 22.6 Å². The van der Waals surface area contributed by atoms with Crippen LogP contribution in [0.1, 0.15) is 10.4 Å². The molecule has 150 valence electrons. The number of halogens is 2. The van der Waals surface area contributed by atoms with Gasteiger partial charge in [0.25, 0.3) is 5.91 Å². The van der Waals surface area contributed by atoms with Crippen molar-refractivity contribution >= 4 is 34.8 Å². The van der Waals surface area contributed by atoms with Gasteiger partial charge in [0.05, 0.1) is 29.6 Å². The molecule has 1 amide bonds. The van der Waals surface area contributed by atoms with Gasteiger partial charge in [-0.1, -0.05) is 53.5 Å². The van der Waals surface area contributed by atoms with E-state index in [1.165, 1.54) is 19.4 Å². The largest absolute Gasteiger partial charge is 0.480 e. The fraction of sp³-hybridized carbons (Fsp3) is 0.0455. The first-order valence-corrected chi connectivity index (χ1v) is 9.72. The van der Waals surface area contributed by atoms with Gasteiger partial charge in [0.1, 0.15) is 10.8 Å². The predicted molar refractivity (Wildman–Crippen MR) is 118 cm³/mol. The van der Waals surface area contributed by atoms with Crippen LogP contribution >= 0.6 is 23.2 Å². The summed E-state index contributed by atoms with van der Waals surface area (Å²) in [5, 5.41) is 3.47. The summed E-state index contributed by atoms with van der Waals surface area (Å²) in [4.78, 5) is 24.4. The number of aromatic nitrogens is 3. The summed E-state index contributed by atoms with van der Waals surface area (Å²) in [5.74, 6) is 0.391. The Morgan fingerprint density at radius 2 is 1.87 bits per heavy atom. The van der Waals surface area contributed by atoms with Gasteiger partial charge in [0.15, 0.2) is 0 Å². The predicted octanol–water partition coefficient (Wildman–Crippen LogP) is 5.71. The van der Waals surface area contributed by atoms with Gasteiger partial charge < -0.3 is 15.0 Å². The molecular weight excluding hydrogens is 423 g/mol. The van der Waals surface area contributed by atoms with Gasteiger partial charge in [-0.2, -0.15) is 0 Å². The van der Waals surface area contributed by atoms with E-state index in [1.54, 1.807) is 24.4 Å². The molecule has 0 atom stereocenters. The van der Waals surface area contributed by atoms with Crippen molar-refractivity contribution in [2.45, 2.75) is 0 Å². The summed E-state index contributed by atoms with van der Waals surface area (Å²) in [7, 11) is 1.44. The lowest BCUT2D eigenvalue weighted by atomic mass is 10.1. The van der Waals surface area contributed by atoms with E-state index in [9.17, 15) is 4.79 Å². The van der Waals surface area contributed by atoms with Crippen molar-refractivity contribution in [1.82, 2.24) is 15.0 Å². The first kappa shape index (κ1) is 19.9. The Morgan fingerprint density at radius 3 is 2.63 bits per heavy atom. The van der Waals surface area contributed by atoms with E-state index in [1.807, 2.05) is 30.3 Å². The number of aromatic amines is 1. The highest BCUT2D eigenvalue weighted by Gasteiger charge is 2.16. The molecule has 2 N–H and O–H groups in total. The molecule has 8 heteroatoms. The number of nitrogens with zero attached hydrogens (tertiary/aromatic N) is 2. The highest BCUT2D eigenvalue weighted by atomic mass is 35.5. The summed E-state index contributed by atoms with van der Waals surface area (Å²) < 4.78 is 5.06. The molecule has 0 fully saturated rings. The third kappa shape index (κ3) is 4.01. The number of anilines is 1. The van der Waals surface area contributed by atoms with Gasteiger partial charge in [0, 0.05) is 17.4 Å². The second kappa shape index (κ2) is 8.57. The van der Waals surface area contributed by atoms with Crippen molar-refractivity contribution in [1.29, 1.82) is 0 Å². The smallest absolute Gasteiger partial charge is 0.257 e. The number of amides is 1. The number of imidazole rings is 1. The molecule has 0 bridgehead atoms. The standard InChI is InChI=1S/C22H16Cl2N4O2/c1-30-22-19(24)15(9-10-25-22)21(29)27-14-7-8-17(23)16(11-14)20-26-12-18(28-20)13-5-3-2-4-6-13/h2-12H,1H3,(H,26,28)(H,27,29). The van der Waals surface area contributed by atoms with Gasteiger partial charge in [-0.3, -0.25) is 4.79 Å². The molecule has 6 nitrogen and oxygen atoms in total. The Balaban J connectivity index is 1.62. The monoisotopic (exact) mass is 438 g/mol. The van der Waals surface area contributed by atoms with Gasteiger partial charge in [-0.15, -0.1) is 0 Å². The molecule has 0 radical (unpaired) electrons. The summed E-state index contributed by atoms with van der Waals surface area (Å²) in [5.41, 5.74) is 3.34. The quantitative estimate of drug-likeness (QED) is 0.418. The van der Waals surface area contributed by atoms with E-state index >= 15 is 0 Å². The van der Waals surface area contributed by atoms with E-state index in [0.717, 1.165) is 11.3 Å². The first-order chi connectivity index (χ1) is 14.6. The zero-order valence-electron chi connectivity index (χ0n) is 15.8. The molecule has 30 heavy (non-hydrogen) atoms. The Morgan fingerprint density at radius 1 is 1.07 bits per heavy atom. The maximum Gasteiger partial charge on any atom is 0.257 e. The average molecular weight is 439 g/mol. The summed E-state index contributed by atoms with van der Waals surface area (Å²) >= 11 is 12.6. The lowest BCUT2D eigenvalue weighted by Gasteiger charge is -2.10. The molecule has 2 heterocycles. The van der Waals surface area contributed by atoms with Crippen molar-refractivity contribution in [2.24, 2.45) is 0 Å². The van der Waals surface area contributed by atoms with Crippen molar-refractivity contribution in [3.63, 3.8) is 0 Å². The fourth-order valence-corrected chi connectivity index (χ4v) is 3.43. The van der Waals surface area contributed by atoms with Crippen LogP contribution in [0.4, 0.5) is 5.69 Å². The number of hydrogen-bond acceptors (Lipinski definition) is 4. The zero-order valence-corrected chi connectivity index (χ0v) is 17.3. The number of ether oxygens (including phenoxy) is 1. The van der Waals surface area contributed by atoms with E-state index in [0.29, 0.717) is 22.1 Å². The van der Waals surface area contributed by atoms with Crippen LogP contribution < -0.4 is 10.1 Å². The number of methoxy groups -OCH3 is 1. The molecule has 0 aliphatic heterocycles. The molecule has 0 saturated carbocycles. The first-order valence-electron chi connectivity index (χ1n) is 8.97.